The fourth-order valence-corrected chi connectivity index (χ4v) is 3.93. The van der Waals surface area contributed by atoms with Crippen molar-refractivity contribution >= 4 is 18.0 Å². The molecular weight excluding hydrogens is 372 g/mol. The topological polar surface area (TPSA) is 76.2 Å². The van der Waals surface area contributed by atoms with E-state index in [-0.39, 0.29) is 37.0 Å². The van der Waals surface area contributed by atoms with E-state index in [0.717, 1.165) is 18.4 Å². The number of hydrogen-bond acceptors (Lipinski definition) is 5. The fraction of sp³-hybridized carbons (Fsp3) is 0.591. The Balaban J connectivity index is 1.51. The lowest BCUT2D eigenvalue weighted by Gasteiger charge is -2.37. The molecule has 2 fully saturated rings. The van der Waals surface area contributed by atoms with E-state index in [2.05, 4.69) is 0 Å². The summed E-state index contributed by atoms with van der Waals surface area (Å²) in [5.74, 6) is 0.234. The van der Waals surface area contributed by atoms with Crippen molar-refractivity contribution in [3.05, 3.63) is 35.9 Å². The molecule has 2 saturated heterocycles. The molecule has 0 aromatic heterocycles. The number of hydrogen-bond donors (Lipinski definition) is 0. The molecular formula is C22H30N2O5. The molecule has 0 bridgehead atoms. The predicted octanol–water partition coefficient (Wildman–Crippen LogP) is 3.61. The SMILES string of the molecule is CC(C)(C)OC(=O)N1CC(=O)C[C@H]1C1CCN(C(=O)OCc2ccccc2)CC1. The average molecular weight is 402 g/mol. The molecule has 1 atom stereocenters. The van der Waals surface area contributed by atoms with Gasteiger partial charge in [0.25, 0.3) is 0 Å². The van der Waals surface area contributed by atoms with Gasteiger partial charge in [-0.15, -0.1) is 0 Å². The minimum absolute atomic E-state index is 0.0607. The highest BCUT2D eigenvalue weighted by molar-refractivity contribution is 5.88. The van der Waals surface area contributed by atoms with Gasteiger partial charge in [-0.05, 0) is 45.1 Å². The highest BCUT2D eigenvalue weighted by atomic mass is 16.6. The quantitative estimate of drug-likeness (QED) is 0.772. The van der Waals surface area contributed by atoms with E-state index in [0.29, 0.717) is 19.5 Å². The Morgan fingerprint density at radius 3 is 2.34 bits per heavy atom. The second kappa shape index (κ2) is 8.84. The van der Waals surface area contributed by atoms with Crippen LogP contribution in [0.4, 0.5) is 9.59 Å². The van der Waals surface area contributed by atoms with Crippen molar-refractivity contribution in [1.29, 1.82) is 0 Å². The number of piperidine rings is 1. The van der Waals surface area contributed by atoms with Crippen LogP contribution in [0.1, 0.15) is 45.6 Å². The molecule has 2 amide bonds. The maximum Gasteiger partial charge on any atom is 0.410 e. The van der Waals surface area contributed by atoms with Crippen molar-refractivity contribution in [3.63, 3.8) is 0 Å². The number of rotatable bonds is 3. The van der Waals surface area contributed by atoms with Crippen molar-refractivity contribution in [2.75, 3.05) is 19.6 Å². The van der Waals surface area contributed by atoms with Gasteiger partial charge >= 0.3 is 12.2 Å². The van der Waals surface area contributed by atoms with Crippen LogP contribution in [0.5, 0.6) is 0 Å². The Kier molecular flexibility index (Phi) is 6.45. The number of carbonyl (C=O) groups excluding carboxylic acids is 3. The first-order valence-corrected chi connectivity index (χ1v) is 10.2. The molecule has 7 heteroatoms. The first kappa shape index (κ1) is 21.1. The molecule has 7 nitrogen and oxygen atoms in total. The largest absolute Gasteiger partial charge is 0.445 e. The monoisotopic (exact) mass is 402 g/mol. The summed E-state index contributed by atoms with van der Waals surface area (Å²) >= 11 is 0. The van der Waals surface area contributed by atoms with Crippen LogP contribution in [0.25, 0.3) is 0 Å². The lowest BCUT2D eigenvalue weighted by atomic mass is 9.88. The van der Waals surface area contributed by atoms with Crippen LogP contribution in [0, 0.1) is 5.92 Å². The highest BCUT2D eigenvalue weighted by Gasteiger charge is 2.42. The van der Waals surface area contributed by atoms with Gasteiger partial charge in [0.1, 0.15) is 12.2 Å². The molecule has 0 saturated carbocycles. The third kappa shape index (κ3) is 5.71. The van der Waals surface area contributed by atoms with Gasteiger partial charge in [-0.25, -0.2) is 9.59 Å². The summed E-state index contributed by atoms with van der Waals surface area (Å²) in [4.78, 5) is 40.2. The molecule has 29 heavy (non-hydrogen) atoms. The molecule has 2 heterocycles. The lowest BCUT2D eigenvalue weighted by Crippen LogP contribution is -2.47. The molecule has 3 rings (SSSR count). The number of nitrogens with zero attached hydrogens (tertiary/aromatic N) is 2. The molecule has 0 aliphatic carbocycles. The van der Waals surface area contributed by atoms with Crippen LogP contribution in [-0.2, 0) is 20.9 Å². The van der Waals surface area contributed by atoms with Crippen LogP contribution in [0.2, 0.25) is 0 Å². The number of amides is 2. The summed E-state index contributed by atoms with van der Waals surface area (Å²) in [6.45, 7) is 6.93. The molecule has 0 spiro atoms. The first-order chi connectivity index (χ1) is 13.7. The van der Waals surface area contributed by atoms with Gasteiger partial charge in [-0.1, -0.05) is 30.3 Å². The minimum atomic E-state index is -0.598. The van der Waals surface area contributed by atoms with Crippen molar-refractivity contribution in [1.82, 2.24) is 9.80 Å². The third-order valence-corrected chi connectivity index (χ3v) is 5.36. The van der Waals surface area contributed by atoms with Crippen LogP contribution in [0.3, 0.4) is 0 Å². The fourth-order valence-electron chi connectivity index (χ4n) is 3.93. The zero-order chi connectivity index (χ0) is 21.0. The van der Waals surface area contributed by atoms with Crippen LogP contribution in [-0.4, -0.2) is 59.0 Å². The molecule has 0 radical (unpaired) electrons. The summed E-state index contributed by atoms with van der Waals surface area (Å²) in [5.41, 5.74) is 0.354. The highest BCUT2D eigenvalue weighted by Crippen LogP contribution is 2.31. The Hall–Kier alpha value is -2.57. The molecule has 0 unspecified atom stereocenters. The van der Waals surface area contributed by atoms with Gasteiger partial charge in [0.05, 0.1) is 6.54 Å². The van der Waals surface area contributed by atoms with Gasteiger partial charge < -0.3 is 14.4 Å². The van der Waals surface area contributed by atoms with Gasteiger partial charge in [-0.2, -0.15) is 0 Å². The number of likely N-dealkylation sites (tertiary alicyclic amines) is 2. The summed E-state index contributed by atoms with van der Waals surface area (Å²) < 4.78 is 10.9. The van der Waals surface area contributed by atoms with E-state index in [4.69, 9.17) is 9.47 Å². The maximum absolute atomic E-state index is 12.5. The molecule has 1 aromatic rings. The number of benzene rings is 1. The standard InChI is InChI=1S/C22H30N2O5/c1-22(2,3)29-21(27)24-14-18(25)13-19(24)17-9-11-23(12-10-17)20(26)28-15-16-7-5-4-6-8-16/h4-8,17,19H,9-15H2,1-3H3/t19-/m0/s1. The lowest BCUT2D eigenvalue weighted by molar-refractivity contribution is -0.117. The first-order valence-electron chi connectivity index (χ1n) is 10.2. The smallest absolute Gasteiger partial charge is 0.410 e. The Morgan fingerprint density at radius 2 is 1.72 bits per heavy atom. The predicted molar refractivity (Wildman–Crippen MR) is 107 cm³/mol. The van der Waals surface area contributed by atoms with Gasteiger partial charge in [0.15, 0.2) is 5.78 Å². The van der Waals surface area contributed by atoms with E-state index in [1.54, 1.807) is 9.80 Å². The number of ether oxygens (including phenoxy) is 2. The van der Waals surface area contributed by atoms with Crippen LogP contribution < -0.4 is 0 Å². The number of Topliss-reactive ketones (excluding diaryl/α,β-unsaturated/α-hetero) is 1. The van der Waals surface area contributed by atoms with Crippen LogP contribution >= 0.6 is 0 Å². The van der Waals surface area contributed by atoms with Crippen molar-refractivity contribution in [2.24, 2.45) is 5.92 Å². The van der Waals surface area contributed by atoms with E-state index in [1.807, 2.05) is 51.1 Å². The van der Waals surface area contributed by atoms with Gasteiger partial charge in [-0.3, -0.25) is 9.69 Å². The van der Waals surface area contributed by atoms with Crippen LogP contribution in [0.15, 0.2) is 30.3 Å². The van der Waals surface area contributed by atoms with E-state index in [9.17, 15) is 14.4 Å². The maximum atomic E-state index is 12.5. The van der Waals surface area contributed by atoms with Gasteiger partial charge in [0, 0.05) is 25.6 Å². The average Bonchev–Trinajstić information content (AvgIpc) is 3.08. The second-order valence-corrected chi connectivity index (χ2v) is 8.78. The molecule has 158 valence electrons. The second-order valence-electron chi connectivity index (χ2n) is 8.78. The summed E-state index contributed by atoms with van der Waals surface area (Å²) in [5, 5.41) is 0. The molecule has 1 aromatic carbocycles. The molecule has 0 N–H and O–H groups in total. The molecule has 2 aliphatic rings. The number of carbonyl (C=O) groups is 3. The Morgan fingerprint density at radius 1 is 1.07 bits per heavy atom. The zero-order valence-corrected chi connectivity index (χ0v) is 17.4. The van der Waals surface area contributed by atoms with Crippen molar-refractivity contribution in [2.45, 2.75) is 58.3 Å². The summed E-state index contributed by atoms with van der Waals surface area (Å²) in [6, 6.07) is 9.43. The van der Waals surface area contributed by atoms with Crippen molar-refractivity contribution in [3.8, 4) is 0 Å². The third-order valence-electron chi connectivity index (χ3n) is 5.36. The van der Waals surface area contributed by atoms with Crippen molar-refractivity contribution < 1.29 is 23.9 Å². The van der Waals surface area contributed by atoms with E-state index < -0.39 is 11.7 Å². The number of ketones is 1. The normalized spacial score (nSPS) is 20.7. The Labute approximate surface area is 171 Å². The zero-order valence-electron chi connectivity index (χ0n) is 17.4. The Bertz CT molecular complexity index is 735. The minimum Gasteiger partial charge on any atom is -0.445 e. The summed E-state index contributed by atoms with van der Waals surface area (Å²) in [7, 11) is 0. The summed E-state index contributed by atoms with van der Waals surface area (Å²) in [6.07, 6.45) is 1.08. The molecule has 2 aliphatic heterocycles. The van der Waals surface area contributed by atoms with E-state index >= 15 is 0 Å². The van der Waals surface area contributed by atoms with E-state index in [1.165, 1.54) is 0 Å². The van der Waals surface area contributed by atoms with Gasteiger partial charge in [0.2, 0.25) is 0 Å².